The van der Waals surface area contributed by atoms with Crippen molar-refractivity contribution in [2.45, 2.75) is 58.9 Å². The van der Waals surface area contributed by atoms with Crippen molar-refractivity contribution in [3.63, 3.8) is 0 Å². The summed E-state index contributed by atoms with van der Waals surface area (Å²) in [6.45, 7) is 7.48. The summed E-state index contributed by atoms with van der Waals surface area (Å²) in [7, 11) is 0. The molecular formula is C18H28N2. The molecule has 0 unspecified atom stereocenters. The second kappa shape index (κ2) is 7.58. The summed E-state index contributed by atoms with van der Waals surface area (Å²) in [5.74, 6) is 0.760. The van der Waals surface area contributed by atoms with Gasteiger partial charge in [0, 0.05) is 24.5 Å². The highest BCUT2D eigenvalue weighted by atomic mass is 14.9. The molecule has 1 heterocycles. The molecule has 2 rings (SSSR count). The molecule has 1 aromatic heterocycles. The van der Waals surface area contributed by atoms with E-state index in [9.17, 15) is 0 Å². The van der Waals surface area contributed by atoms with Crippen LogP contribution in [-0.2, 0) is 0 Å². The molecule has 20 heavy (non-hydrogen) atoms. The van der Waals surface area contributed by atoms with Gasteiger partial charge in [0.1, 0.15) is 0 Å². The van der Waals surface area contributed by atoms with Gasteiger partial charge in [-0.1, -0.05) is 50.8 Å². The summed E-state index contributed by atoms with van der Waals surface area (Å²) in [6.07, 6.45) is 11.2. The highest BCUT2D eigenvalue weighted by molar-refractivity contribution is 5.53. The van der Waals surface area contributed by atoms with E-state index in [2.05, 4.69) is 42.4 Å². The molecule has 0 saturated heterocycles. The largest absolute Gasteiger partial charge is 0.311 e. The molecule has 0 aliphatic heterocycles. The van der Waals surface area contributed by atoms with Crippen LogP contribution in [0.15, 0.2) is 23.9 Å². The van der Waals surface area contributed by atoms with Gasteiger partial charge in [-0.2, -0.15) is 0 Å². The van der Waals surface area contributed by atoms with Crippen molar-refractivity contribution in [3.8, 4) is 0 Å². The minimum atomic E-state index is 0.540. The predicted molar refractivity (Wildman–Crippen MR) is 86.7 cm³/mol. The Balaban J connectivity index is 2.13. The lowest BCUT2D eigenvalue weighted by Gasteiger charge is -2.25. The Morgan fingerprint density at radius 3 is 2.65 bits per heavy atom. The van der Waals surface area contributed by atoms with Crippen LogP contribution in [0.4, 0.5) is 0 Å². The van der Waals surface area contributed by atoms with Crippen LogP contribution in [0.5, 0.6) is 0 Å². The minimum absolute atomic E-state index is 0.540. The maximum Gasteiger partial charge on any atom is 0.0373 e. The molecule has 2 heteroatoms. The van der Waals surface area contributed by atoms with Crippen LogP contribution < -0.4 is 5.32 Å². The van der Waals surface area contributed by atoms with Crippen LogP contribution in [0.3, 0.4) is 0 Å². The Kier molecular flexibility index (Phi) is 5.78. The highest BCUT2D eigenvalue weighted by Gasteiger charge is 2.17. The van der Waals surface area contributed by atoms with Crippen molar-refractivity contribution < 1.29 is 0 Å². The number of hydrogen-bond acceptors (Lipinski definition) is 2. The van der Waals surface area contributed by atoms with Gasteiger partial charge < -0.3 is 5.32 Å². The van der Waals surface area contributed by atoms with Crippen molar-refractivity contribution in [1.29, 1.82) is 0 Å². The van der Waals surface area contributed by atoms with Crippen LogP contribution in [0.25, 0.3) is 6.08 Å². The fourth-order valence-electron chi connectivity index (χ4n) is 2.89. The fraction of sp³-hybridized carbons (Fsp3) is 0.611. The SMILES string of the molecule is Cc1ccc(/C=C(/CNC(C)C)C2CCCCC2)cn1. The topological polar surface area (TPSA) is 24.9 Å². The molecule has 0 radical (unpaired) electrons. The second-order valence-corrected chi connectivity index (χ2v) is 6.32. The van der Waals surface area contributed by atoms with Gasteiger partial charge in [-0.3, -0.25) is 4.98 Å². The van der Waals surface area contributed by atoms with E-state index in [-0.39, 0.29) is 0 Å². The zero-order chi connectivity index (χ0) is 14.4. The summed E-state index contributed by atoms with van der Waals surface area (Å²) < 4.78 is 0. The van der Waals surface area contributed by atoms with Crippen molar-refractivity contribution in [2.24, 2.45) is 5.92 Å². The number of nitrogens with one attached hydrogen (secondary N) is 1. The molecule has 1 aliphatic carbocycles. The Morgan fingerprint density at radius 1 is 1.30 bits per heavy atom. The van der Waals surface area contributed by atoms with E-state index in [0.29, 0.717) is 6.04 Å². The first kappa shape index (κ1) is 15.2. The van der Waals surface area contributed by atoms with Crippen LogP contribution >= 0.6 is 0 Å². The lowest BCUT2D eigenvalue weighted by atomic mass is 9.83. The fourth-order valence-corrected chi connectivity index (χ4v) is 2.89. The minimum Gasteiger partial charge on any atom is -0.311 e. The molecule has 2 nitrogen and oxygen atoms in total. The lowest BCUT2D eigenvalue weighted by Crippen LogP contribution is -2.27. The first-order valence-electron chi connectivity index (χ1n) is 8.01. The number of nitrogens with zero attached hydrogens (tertiary/aromatic N) is 1. The molecule has 0 atom stereocenters. The van der Waals surface area contributed by atoms with E-state index in [0.717, 1.165) is 18.2 Å². The van der Waals surface area contributed by atoms with E-state index < -0.39 is 0 Å². The first-order chi connectivity index (χ1) is 9.65. The molecule has 1 fully saturated rings. The van der Waals surface area contributed by atoms with Gasteiger partial charge in [0.25, 0.3) is 0 Å². The van der Waals surface area contributed by atoms with Crippen molar-refractivity contribution in [2.75, 3.05) is 6.54 Å². The maximum atomic E-state index is 4.41. The zero-order valence-electron chi connectivity index (χ0n) is 13.2. The lowest BCUT2D eigenvalue weighted by molar-refractivity contribution is 0.394. The maximum absolute atomic E-state index is 4.41. The monoisotopic (exact) mass is 272 g/mol. The highest BCUT2D eigenvalue weighted by Crippen LogP contribution is 2.30. The van der Waals surface area contributed by atoms with Gasteiger partial charge in [-0.15, -0.1) is 0 Å². The smallest absolute Gasteiger partial charge is 0.0373 e. The number of hydrogen-bond donors (Lipinski definition) is 1. The number of aryl methyl sites for hydroxylation is 1. The van der Waals surface area contributed by atoms with Gasteiger partial charge in [-0.25, -0.2) is 0 Å². The molecule has 1 N–H and O–H groups in total. The van der Waals surface area contributed by atoms with E-state index in [1.807, 2.05) is 13.1 Å². The van der Waals surface area contributed by atoms with Gasteiger partial charge in [0.15, 0.2) is 0 Å². The first-order valence-corrected chi connectivity index (χ1v) is 8.01. The zero-order valence-corrected chi connectivity index (χ0v) is 13.2. The summed E-state index contributed by atoms with van der Waals surface area (Å²) in [4.78, 5) is 4.41. The van der Waals surface area contributed by atoms with Gasteiger partial charge in [0.05, 0.1) is 0 Å². The molecule has 0 aromatic carbocycles. The van der Waals surface area contributed by atoms with Gasteiger partial charge in [-0.05, 0) is 37.3 Å². The van der Waals surface area contributed by atoms with Gasteiger partial charge in [0.2, 0.25) is 0 Å². The quantitative estimate of drug-likeness (QED) is 0.862. The predicted octanol–water partition coefficient (Wildman–Crippen LogP) is 4.35. The summed E-state index contributed by atoms with van der Waals surface area (Å²) in [5.41, 5.74) is 3.88. The van der Waals surface area contributed by atoms with Crippen LogP contribution in [0, 0.1) is 12.8 Å². The van der Waals surface area contributed by atoms with Gasteiger partial charge >= 0.3 is 0 Å². The average molecular weight is 272 g/mol. The molecule has 1 aromatic rings. The Labute approximate surface area is 123 Å². The van der Waals surface area contributed by atoms with E-state index in [4.69, 9.17) is 0 Å². The average Bonchev–Trinajstić information content (AvgIpc) is 2.46. The van der Waals surface area contributed by atoms with Crippen LogP contribution in [-0.4, -0.2) is 17.6 Å². The number of rotatable bonds is 5. The van der Waals surface area contributed by atoms with Crippen LogP contribution in [0.2, 0.25) is 0 Å². The standard InChI is InChI=1S/C18H28N2/c1-14(2)19-13-18(17-7-5-4-6-8-17)11-16-10-9-15(3)20-12-16/h9-12,14,17,19H,4-8,13H2,1-3H3/b18-11-. The third-order valence-corrected chi connectivity index (χ3v) is 4.13. The third kappa shape index (κ3) is 4.75. The molecule has 1 aliphatic rings. The van der Waals surface area contributed by atoms with Crippen LogP contribution in [0.1, 0.15) is 57.2 Å². The Hall–Kier alpha value is -1.15. The number of aromatic nitrogens is 1. The van der Waals surface area contributed by atoms with E-state index in [1.165, 1.54) is 37.7 Å². The summed E-state index contributed by atoms with van der Waals surface area (Å²) in [6, 6.07) is 4.82. The summed E-state index contributed by atoms with van der Waals surface area (Å²) >= 11 is 0. The Morgan fingerprint density at radius 2 is 2.05 bits per heavy atom. The van der Waals surface area contributed by atoms with E-state index >= 15 is 0 Å². The van der Waals surface area contributed by atoms with Crippen molar-refractivity contribution in [3.05, 3.63) is 35.2 Å². The number of pyridine rings is 1. The van der Waals surface area contributed by atoms with Crippen molar-refractivity contribution >= 4 is 6.08 Å². The summed E-state index contributed by atoms with van der Waals surface area (Å²) in [5, 5.41) is 3.59. The molecule has 0 bridgehead atoms. The Bertz CT molecular complexity index is 425. The molecule has 1 saturated carbocycles. The third-order valence-electron chi connectivity index (χ3n) is 4.13. The second-order valence-electron chi connectivity index (χ2n) is 6.32. The molecule has 0 spiro atoms. The molecule has 0 amide bonds. The molecular weight excluding hydrogens is 244 g/mol. The normalized spacial score (nSPS) is 17.7. The molecule has 110 valence electrons. The van der Waals surface area contributed by atoms with E-state index in [1.54, 1.807) is 5.57 Å². The van der Waals surface area contributed by atoms with Crippen molar-refractivity contribution in [1.82, 2.24) is 10.3 Å².